The lowest BCUT2D eigenvalue weighted by molar-refractivity contribution is 0.00791. The molecule has 1 aromatic carbocycles. The monoisotopic (exact) mass is 370 g/mol. The molecule has 6 nitrogen and oxygen atoms in total. The zero-order valence-electron chi connectivity index (χ0n) is 16.4. The van der Waals surface area contributed by atoms with Crippen molar-refractivity contribution in [3.05, 3.63) is 24.5 Å². The van der Waals surface area contributed by atoms with Crippen LogP contribution < -0.4 is 10.1 Å². The summed E-state index contributed by atoms with van der Waals surface area (Å²) in [5.41, 5.74) is 0.950. The van der Waals surface area contributed by atoms with Gasteiger partial charge in [0.25, 0.3) is 0 Å². The van der Waals surface area contributed by atoms with Crippen LogP contribution in [-0.4, -0.2) is 59.4 Å². The van der Waals surface area contributed by atoms with Crippen molar-refractivity contribution in [2.24, 2.45) is 0 Å². The summed E-state index contributed by atoms with van der Waals surface area (Å²) in [4.78, 5) is 11.5. The minimum Gasteiger partial charge on any atom is -0.491 e. The van der Waals surface area contributed by atoms with E-state index in [-0.39, 0.29) is 6.10 Å². The normalized spacial score (nSPS) is 24.3. The Hall–Kier alpha value is -1.92. The van der Waals surface area contributed by atoms with Gasteiger partial charge < -0.3 is 14.8 Å². The second kappa shape index (κ2) is 8.40. The molecule has 1 aliphatic carbocycles. The molecule has 0 amide bonds. The fraction of sp³-hybridized carbons (Fsp3) is 0.619. The number of morpholine rings is 1. The smallest absolute Gasteiger partial charge is 0.137 e. The van der Waals surface area contributed by atoms with Gasteiger partial charge >= 0.3 is 0 Å². The highest BCUT2D eigenvalue weighted by atomic mass is 16.5. The van der Waals surface area contributed by atoms with Crippen molar-refractivity contribution in [2.45, 2.75) is 57.7 Å². The van der Waals surface area contributed by atoms with Crippen molar-refractivity contribution in [1.29, 1.82) is 0 Å². The van der Waals surface area contributed by atoms with Gasteiger partial charge in [0.1, 0.15) is 17.9 Å². The molecule has 146 valence electrons. The molecular weight excluding hydrogens is 340 g/mol. The van der Waals surface area contributed by atoms with Crippen LogP contribution in [0.4, 0.5) is 5.82 Å². The van der Waals surface area contributed by atoms with Crippen LogP contribution in [0.25, 0.3) is 10.9 Å². The van der Waals surface area contributed by atoms with Crippen LogP contribution in [0.3, 0.4) is 0 Å². The lowest BCUT2D eigenvalue weighted by atomic mass is 9.90. The summed E-state index contributed by atoms with van der Waals surface area (Å²) in [6.07, 6.45) is 6.63. The highest BCUT2D eigenvalue weighted by molar-refractivity contribution is 5.90. The molecule has 0 spiro atoms. The molecule has 1 N–H and O–H groups in total. The Labute approximate surface area is 161 Å². The number of nitrogens with one attached hydrogen (secondary N) is 1. The number of anilines is 1. The van der Waals surface area contributed by atoms with Crippen LogP contribution in [0.1, 0.15) is 39.5 Å². The highest BCUT2D eigenvalue weighted by Gasteiger charge is 2.27. The van der Waals surface area contributed by atoms with Crippen LogP contribution in [0, 0.1) is 0 Å². The van der Waals surface area contributed by atoms with Crippen LogP contribution >= 0.6 is 0 Å². The summed E-state index contributed by atoms with van der Waals surface area (Å²) < 4.78 is 11.3. The molecule has 1 aliphatic heterocycles. The van der Waals surface area contributed by atoms with E-state index >= 15 is 0 Å². The molecule has 2 heterocycles. The minimum absolute atomic E-state index is 0.152. The van der Waals surface area contributed by atoms with Crippen LogP contribution in [0.2, 0.25) is 0 Å². The number of hydrogen-bond donors (Lipinski definition) is 1. The van der Waals surface area contributed by atoms with Gasteiger partial charge in [0.15, 0.2) is 0 Å². The molecule has 2 aromatic rings. The first-order chi connectivity index (χ1) is 13.2. The maximum Gasteiger partial charge on any atom is 0.137 e. The molecule has 2 fully saturated rings. The molecule has 1 aromatic heterocycles. The Balaban J connectivity index is 1.42. The summed E-state index contributed by atoms with van der Waals surface area (Å²) in [6, 6.07) is 7.22. The standard InChI is InChI=1S/C21H30N4O2/c1-15(2)27-18-7-8-20-19(13-18)21(23-14-22-20)24-16-3-5-17(6-4-16)25-9-11-26-12-10-25/h7-8,13-17H,3-6,9-12H2,1-2H3,(H,22,23,24). The quantitative estimate of drug-likeness (QED) is 0.870. The SMILES string of the molecule is CC(C)Oc1ccc2ncnc(NC3CCC(N4CCOCC4)CC3)c2c1. The fourth-order valence-corrected chi connectivity index (χ4v) is 4.22. The Morgan fingerprint density at radius 3 is 2.63 bits per heavy atom. The molecule has 1 saturated heterocycles. The number of benzene rings is 1. The van der Waals surface area contributed by atoms with E-state index in [1.807, 2.05) is 26.0 Å². The van der Waals surface area contributed by atoms with E-state index in [0.717, 1.165) is 48.8 Å². The molecule has 4 rings (SSSR count). The van der Waals surface area contributed by atoms with E-state index in [1.54, 1.807) is 6.33 Å². The summed E-state index contributed by atoms with van der Waals surface area (Å²) >= 11 is 0. The van der Waals surface area contributed by atoms with E-state index < -0.39 is 0 Å². The first-order valence-corrected chi connectivity index (χ1v) is 10.2. The largest absolute Gasteiger partial charge is 0.491 e. The van der Waals surface area contributed by atoms with Gasteiger partial charge in [-0.1, -0.05) is 0 Å². The average Bonchev–Trinajstić information content (AvgIpc) is 2.69. The van der Waals surface area contributed by atoms with Gasteiger partial charge in [-0.25, -0.2) is 9.97 Å². The van der Waals surface area contributed by atoms with E-state index in [4.69, 9.17) is 9.47 Å². The molecule has 6 heteroatoms. The van der Waals surface area contributed by atoms with Gasteiger partial charge in [-0.05, 0) is 57.7 Å². The third-order valence-electron chi connectivity index (χ3n) is 5.58. The maximum atomic E-state index is 5.85. The van der Waals surface area contributed by atoms with Crippen molar-refractivity contribution < 1.29 is 9.47 Å². The summed E-state index contributed by atoms with van der Waals surface area (Å²) in [7, 11) is 0. The topological polar surface area (TPSA) is 59.5 Å². The van der Waals surface area contributed by atoms with Crippen LogP contribution in [0.15, 0.2) is 24.5 Å². The second-order valence-electron chi connectivity index (χ2n) is 7.87. The molecule has 0 radical (unpaired) electrons. The second-order valence-corrected chi connectivity index (χ2v) is 7.87. The predicted molar refractivity (Wildman–Crippen MR) is 107 cm³/mol. The molecular formula is C21H30N4O2. The van der Waals surface area contributed by atoms with Gasteiger partial charge in [0.05, 0.1) is 24.8 Å². The molecule has 0 bridgehead atoms. The van der Waals surface area contributed by atoms with Crippen LogP contribution in [0.5, 0.6) is 5.75 Å². The van der Waals surface area contributed by atoms with Crippen molar-refractivity contribution in [1.82, 2.24) is 14.9 Å². The summed E-state index contributed by atoms with van der Waals surface area (Å²) in [6.45, 7) is 8.00. The minimum atomic E-state index is 0.152. The van der Waals surface area contributed by atoms with Crippen molar-refractivity contribution in [2.75, 3.05) is 31.6 Å². The van der Waals surface area contributed by atoms with Crippen molar-refractivity contribution >= 4 is 16.7 Å². The lowest BCUT2D eigenvalue weighted by Crippen LogP contribution is -2.46. The lowest BCUT2D eigenvalue weighted by Gasteiger charge is -2.39. The Kier molecular flexibility index (Phi) is 5.74. The molecule has 0 atom stereocenters. The number of fused-ring (bicyclic) bond motifs is 1. The number of rotatable bonds is 5. The van der Waals surface area contributed by atoms with Gasteiger partial charge in [-0.15, -0.1) is 0 Å². The molecule has 1 saturated carbocycles. The Bertz CT molecular complexity index is 753. The molecule has 27 heavy (non-hydrogen) atoms. The van der Waals surface area contributed by atoms with Gasteiger partial charge in [-0.3, -0.25) is 4.90 Å². The van der Waals surface area contributed by atoms with Gasteiger partial charge in [0.2, 0.25) is 0 Å². The third kappa shape index (κ3) is 4.50. The molecule has 0 unspecified atom stereocenters. The zero-order valence-corrected chi connectivity index (χ0v) is 16.4. The van der Waals surface area contributed by atoms with E-state index in [1.165, 1.54) is 25.7 Å². The van der Waals surface area contributed by atoms with E-state index in [2.05, 4.69) is 26.3 Å². The number of aromatic nitrogens is 2. The number of hydrogen-bond acceptors (Lipinski definition) is 6. The third-order valence-corrected chi connectivity index (χ3v) is 5.58. The summed E-state index contributed by atoms with van der Waals surface area (Å²) in [5, 5.41) is 4.71. The first-order valence-electron chi connectivity index (χ1n) is 10.2. The summed E-state index contributed by atoms with van der Waals surface area (Å²) in [5.74, 6) is 1.79. The fourth-order valence-electron chi connectivity index (χ4n) is 4.22. The Morgan fingerprint density at radius 2 is 1.89 bits per heavy atom. The van der Waals surface area contributed by atoms with Crippen LogP contribution in [-0.2, 0) is 4.74 Å². The average molecular weight is 370 g/mol. The van der Waals surface area contributed by atoms with Crippen molar-refractivity contribution in [3.63, 3.8) is 0 Å². The number of ether oxygens (including phenoxy) is 2. The maximum absolute atomic E-state index is 5.85. The van der Waals surface area contributed by atoms with Gasteiger partial charge in [0, 0.05) is 30.6 Å². The van der Waals surface area contributed by atoms with E-state index in [9.17, 15) is 0 Å². The predicted octanol–water partition coefficient (Wildman–Crippen LogP) is 3.47. The van der Waals surface area contributed by atoms with Crippen molar-refractivity contribution in [3.8, 4) is 5.75 Å². The zero-order chi connectivity index (χ0) is 18.6. The number of nitrogens with zero attached hydrogens (tertiary/aromatic N) is 3. The highest BCUT2D eigenvalue weighted by Crippen LogP contribution is 2.29. The Morgan fingerprint density at radius 1 is 1.11 bits per heavy atom. The van der Waals surface area contributed by atoms with Gasteiger partial charge in [-0.2, -0.15) is 0 Å². The van der Waals surface area contributed by atoms with E-state index in [0.29, 0.717) is 12.1 Å². The molecule has 2 aliphatic rings. The first kappa shape index (κ1) is 18.4.